The molecule has 1 aromatic rings. The molecule has 1 unspecified atom stereocenters. The van der Waals surface area contributed by atoms with Crippen molar-refractivity contribution in [2.75, 3.05) is 18.1 Å². The van der Waals surface area contributed by atoms with Crippen molar-refractivity contribution in [1.29, 1.82) is 0 Å². The summed E-state index contributed by atoms with van der Waals surface area (Å²) in [6, 6.07) is 6.26. The van der Waals surface area contributed by atoms with Gasteiger partial charge in [0.25, 0.3) is 0 Å². The summed E-state index contributed by atoms with van der Waals surface area (Å²) in [5.74, 6) is 0.788. The molecule has 0 aliphatic carbocycles. The molecule has 1 atom stereocenters. The van der Waals surface area contributed by atoms with Crippen LogP contribution >= 0.6 is 12.2 Å². The highest BCUT2D eigenvalue weighted by Crippen LogP contribution is 2.14. The molecule has 1 aromatic carbocycles. The molecule has 0 aliphatic heterocycles. The van der Waals surface area contributed by atoms with Crippen LogP contribution in [0.15, 0.2) is 29.2 Å². The Morgan fingerprint density at radius 3 is 2.63 bits per heavy atom. The largest absolute Gasteiger partial charge is 0.389 e. The van der Waals surface area contributed by atoms with Gasteiger partial charge in [-0.2, -0.15) is 0 Å². The zero-order valence-electron chi connectivity index (χ0n) is 10.5. The minimum Gasteiger partial charge on any atom is -0.389 e. The van der Waals surface area contributed by atoms with E-state index in [0.29, 0.717) is 11.3 Å². The van der Waals surface area contributed by atoms with Gasteiger partial charge < -0.3 is 5.73 Å². The van der Waals surface area contributed by atoms with Crippen molar-refractivity contribution < 1.29 is 12.6 Å². The average molecular weight is 320 g/mol. The second kappa shape index (κ2) is 7.09. The summed E-state index contributed by atoms with van der Waals surface area (Å²) < 4.78 is 37.8. The van der Waals surface area contributed by atoms with Crippen LogP contribution in [0.3, 0.4) is 0 Å². The van der Waals surface area contributed by atoms with Crippen LogP contribution in [0.5, 0.6) is 0 Å². The Balaban J connectivity index is 2.89. The summed E-state index contributed by atoms with van der Waals surface area (Å²) in [4.78, 5) is 0.0721. The Morgan fingerprint density at radius 2 is 2.05 bits per heavy atom. The van der Waals surface area contributed by atoms with Crippen molar-refractivity contribution in [3.8, 4) is 0 Å². The Kier molecular flexibility index (Phi) is 6.05. The summed E-state index contributed by atoms with van der Waals surface area (Å²) in [6.45, 7) is 1.90. The van der Waals surface area contributed by atoms with Crippen molar-refractivity contribution >= 4 is 38.0 Å². The van der Waals surface area contributed by atoms with Gasteiger partial charge in [0.2, 0.25) is 10.0 Å². The topological polar surface area (TPSA) is 89.3 Å². The molecule has 0 saturated heterocycles. The quantitative estimate of drug-likeness (QED) is 0.709. The molecule has 19 heavy (non-hydrogen) atoms. The van der Waals surface area contributed by atoms with Gasteiger partial charge in [-0.3, -0.25) is 4.21 Å². The lowest BCUT2D eigenvalue weighted by atomic mass is 10.2. The van der Waals surface area contributed by atoms with Crippen LogP contribution in [0.4, 0.5) is 0 Å². The summed E-state index contributed by atoms with van der Waals surface area (Å²) in [5, 5.41) is 0. The molecule has 0 fully saturated rings. The molecule has 0 spiro atoms. The maximum absolute atomic E-state index is 12.1. The predicted octanol–water partition coefficient (Wildman–Crippen LogP) is 0.368. The van der Waals surface area contributed by atoms with E-state index >= 15 is 0 Å². The van der Waals surface area contributed by atoms with E-state index in [2.05, 4.69) is 4.72 Å². The Bertz CT molecular complexity index is 585. The maximum atomic E-state index is 12.1. The standard InChI is InChI=1S/C11H16N2O3S3/c1-2-18(14)8-7-13-19(15,16)10-6-4-3-5-9(10)11(12)17/h3-6,13H,2,7-8H2,1H3,(H2,12,17). The lowest BCUT2D eigenvalue weighted by Gasteiger charge is -2.10. The van der Waals surface area contributed by atoms with Gasteiger partial charge in [0.15, 0.2) is 0 Å². The lowest BCUT2D eigenvalue weighted by molar-refractivity contribution is 0.584. The minimum atomic E-state index is -3.69. The van der Waals surface area contributed by atoms with Gasteiger partial charge in [-0.05, 0) is 6.07 Å². The van der Waals surface area contributed by atoms with Gasteiger partial charge in [0.05, 0.1) is 4.90 Å². The van der Waals surface area contributed by atoms with E-state index in [4.69, 9.17) is 18.0 Å². The first-order valence-corrected chi connectivity index (χ1v) is 9.00. The maximum Gasteiger partial charge on any atom is 0.241 e. The van der Waals surface area contributed by atoms with E-state index in [1.165, 1.54) is 6.07 Å². The van der Waals surface area contributed by atoms with E-state index in [0.717, 1.165) is 0 Å². The van der Waals surface area contributed by atoms with Crippen molar-refractivity contribution in [3.63, 3.8) is 0 Å². The van der Waals surface area contributed by atoms with E-state index in [1.807, 2.05) is 0 Å². The predicted molar refractivity (Wildman–Crippen MR) is 81.1 cm³/mol. The molecule has 5 nitrogen and oxygen atoms in total. The highest BCUT2D eigenvalue weighted by Gasteiger charge is 2.18. The van der Waals surface area contributed by atoms with Crippen molar-refractivity contribution in [2.24, 2.45) is 5.73 Å². The zero-order chi connectivity index (χ0) is 14.5. The fourth-order valence-corrected chi connectivity index (χ4v) is 3.66. The van der Waals surface area contributed by atoms with Crippen molar-refractivity contribution in [1.82, 2.24) is 4.72 Å². The van der Waals surface area contributed by atoms with Crippen LogP contribution in [0.25, 0.3) is 0 Å². The summed E-state index contributed by atoms with van der Waals surface area (Å²) in [7, 11) is -4.70. The van der Waals surface area contributed by atoms with Crippen LogP contribution in [-0.4, -0.2) is 35.7 Å². The normalized spacial score (nSPS) is 13.1. The minimum absolute atomic E-state index is 0.0260. The first-order valence-electron chi connectivity index (χ1n) is 5.62. The fourth-order valence-electron chi connectivity index (χ4n) is 1.42. The Labute approximate surface area is 121 Å². The molecule has 0 heterocycles. The number of nitrogens with one attached hydrogen (secondary N) is 1. The zero-order valence-corrected chi connectivity index (χ0v) is 12.9. The van der Waals surface area contributed by atoms with Gasteiger partial charge in [-0.15, -0.1) is 0 Å². The molecule has 0 bridgehead atoms. The number of nitrogens with two attached hydrogens (primary N) is 1. The number of rotatable bonds is 7. The second-order valence-electron chi connectivity index (χ2n) is 3.69. The van der Waals surface area contributed by atoms with Crippen molar-refractivity contribution in [3.05, 3.63) is 29.8 Å². The van der Waals surface area contributed by atoms with Gasteiger partial charge >= 0.3 is 0 Å². The fraction of sp³-hybridized carbons (Fsp3) is 0.364. The summed E-state index contributed by atoms with van der Waals surface area (Å²) in [5.41, 5.74) is 5.81. The first-order chi connectivity index (χ1) is 8.88. The first kappa shape index (κ1) is 16.2. The molecular weight excluding hydrogens is 304 g/mol. The molecule has 8 heteroatoms. The third-order valence-corrected chi connectivity index (χ3v) is 5.43. The molecule has 0 aliphatic rings. The Morgan fingerprint density at radius 1 is 1.42 bits per heavy atom. The van der Waals surface area contributed by atoms with Crippen LogP contribution in [-0.2, 0) is 20.8 Å². The highest BCUT2D eigenvalue weighted by molar-refractivity contribution is 7.90. The molecular formula is C11H16N2O3S3. The number of thiocarbonyl (C=S) groups is 1. The molecule has 1 rings (SSSR count). The van der Waals surface area contributed by atoms with E-state index in [1.54, 1.807) is 25.1 Å². The number of sulfonamides is 1. The third kappa shape index (κ3) is 4.64. The molecule has 0 aromatic heterocycles. The summed E-state index contributed by atoms with van der Waals surface area (Å²) in [6.07, 6.45) is 0. The monoisotopic (exact) mass is 320 g/mol. The number of hydrogen-bond donors (Lipinski definition) is 2. The number of hydrogen-bond acceptors (Lipinski definition) is 4. The average Bonchev–Trinajstić information content (AvgIpc) is 2.38. The SMILES string of the molecule is CCS(=O)CCNS(=O)(=O)c1ccccc1C(N)=S. The molecule has 0 radical (unpaired) electrons. The van der Waals surface area contributed by atoms with Crippen LogP contribution < -0.4 is 10.5 Å². The Hall–Kier alpha value is -0.830. The van der Waals surface area contributed by atoms with Crippen LogP contribution in [0.2, 0.25) is 0 Å². The van der Waals surface area contributed by atoms with Crippen LogP contribution in [0, 0.1) is 0 Å². The van der Waals surface area contributed by atoms with Gasteiger partial charge in [0.1, 0.15) is 4.99 Å². The van der Waals surface area contributed by atoms with Gasteiger partial charge in [0, 0.05) is 34.4 Å². The van der Waals surface area contributed by atoms with Gasteiger partial charge in [-0.25, -0.2) is 13.1 Å². The molecule has 3 N–H and O–H groups in total. The molecule has 0 amide bonds. The highest BCUT2D eigenvalue weighted by atomic mass is 32.2. The van der Waals surface area contributed by atoms with Gasteiger partial charge in [-0.1, -0.05) is 37.3 Å². The smallest absolute Gasteiger partial charge is 0.241 e. The van der Waals surface area contributed by atoms with E-state index in [9.17, 15) is 12.6 Å². The van der Waals surface area contributed by atoms with E-state index in [-0.39, 0.29) is 22.2 Å². The second-order valence-corrected chi connectivity index (χ2v) is 7.73. The third-order valence-electron chi connectivity index (χ3n) is 2.39. The number of benzene rings is 1. The molecule has 0 saturated carbocycles. The molecule has 106 valence electrons. The summed E-state index contributed by atoms with van der Waals surface area (Å²) >= 11 is 4.83. The van der Waals surface area contributed by atoms with E-state index < -0.39 is 20.8 Å². The van der Waals surface area contributed by atoms with Crippen molar-refractivity contribution in [2.45, 2.75) is 11.8 Å². The van der Waals surface area contributed by atoms with Crippen LogP contribution in [0.1, 0.15) is 12.5 Å². The lowest BCUT2D eigenvalue weighted by Crippen LogP contribution is -2.30.